The van der Waals surface area contributed by atoms with Crippen molar-refractivity contribution in [1.29, 1.82) is 0 Å². The number of fused-ring (bicyclic) bond motifs is 1. The lowest BCUT2D eigenvalue weighted by molar-refractivity contribution is -0.126. The fraction of sp³-hybridized carbons (Fsp3) is 0.235. The van der Waals surface area contributed by atoms with Crippen molar-refractivity contribution >= 4 is 17.6 Å². The molecule has 2 aromatic rings. The lowest BCUT2D eigenvalue weighted by atomic mass is 10.2. The number of H-pyrrole nitrogens is 1. The standard InChI is InChI=1S/C17H16N2O4/c1-11(23-17(22)13-6-4-9-18-15(13)20)16(21)19-10-8-12-5-2-3-7-14(12)19/h2-7,9,11H,8,10H2,1H3,(H,18,20). The highest BCUT2D eigenvalue weighted by molar-refractivity contribution is 6.00. The minimum atomic E-state index is -0.965. The zero-order chi connectivity index (χ0) is 16.4. The second-order valence-electron chi connectivity index (χ2n) is 5.33. The Kier molecular flexibility index (Phi) is 3.97. The Morgan fingerprint density at radius 1 is 1.22 bits per heavy atom. The van der Waals surface area contributed by atoms with Gasteiger partial charge in [-0.25, -0.2) is 4.79 Å². The third kappa shape index (κ3) is 2.88. The molecule has 1 aliphatic heterocycles. The molecule has 1 aromatic heterocycles. The number of nitrogens with one attached hydrogen (secondary N) is 1. The predicted molar refractivity (Wildman–Crippen MR) is 84.4 cm³/mol. The maximum Gasteiger partial charge on any atom is 0.344 e. The van der Waals surface area contributed by atoms with Crippen molar-refractivity contribution in [2.45, 2.75) is 19.4 Å². The first-order chi connectivity index (χ1) is 11.1. The Labute approximate surface area is 132 Å². The van der Waals surface area contributed by atoms with E-state index in [1.165, 1.54) is 25.3 Å². The van der Waals surface area contributed by atoms with Crippen LogP contribution in [-0.2, 0) is 16.0 Å². The Morgan fingerprint density at radius 2 is 2.00 bits per heavy atom. The number of aromatic amines is 1. The van der Waals surface area contributed by atoms with Gasteiger partial charge in [0.15, 0.2) is 6.10 Å². The van der Waals surface area contributed by atoms with E-state index < -0.39 is 17.6 Å². The van der Waals surface area contributed by atoms with Crippen LogP contribution < -0.4 is 10.5 Å². The summed E-state index contributed by atoms with van der Waals surface area (Å²) >= 11 is 0. The van der Waals surface area contributed by atoms with Gasteiger partial charge in [0, 0.05) is 18.4 Å². The number of carbonyl (C=O) groups excluding carboxylic acids is 2. The first kappa shape index (κ1) is 15.0. The first-order valence-electron chi connectivity index (χ1n) is 7.36. The molecule has 0 fully saturated rings. The number of anilines is 1. The molecule has 1 aromatic carbocycles. The van der Waals surface area contributed by atoms with Gasteiger partial charge in [0.25, 0.3) is 11.5 Å². The lowest BCUT2D eigenvalue weighted by Crippen LogP contribution is -2.39. The van der Waals surface area contributed by atoms with Crippen LogP contribution in [0.15, 0.2) is 47.4 Å². The number of carbonyl (C=O) groups is 2. The summed E-state index contributed by atoms with van der Waals surface area (Å²) in [6, 6.07) is 10.5. The van der Waals surface area contributed by atoms with E-state index in [0.29, 0.717) is 6.54 Å². The van der Waals surface area contributed by atoms with Crippen molar-refractivity contribution in [3.8, 4) is 0 Å². The fourth-order valence-electron chi connectivity index (χ4n) is 2.64. The van der Waals surface area contributed by atoms with E-state index in [-0.39, 0.29) is 11.5 Å². The van der Waals surface area contributed by atoms with Gasteiger partial charge in [-0.1, -0.05) is 18.2 Å². The Bertz CT molecular complexity index is 812. The number of amides is 1. The highest BCUT2D eigenvalue weighted by Gasteiger charge is 2.30. The Morgan fingerprint density at radius 3 is 2.78 bits per heavy atom. The molecule has 1 aliphatic rings. The van der Waals surface area contributed by atoms with E-state index in [4.69, 9.17) is 4.74 Å². The monoisotopic (exact) mass is 312 g/mol. The minimum absolute atomic E-state index is 0.117. The largest absolute Gasteiger partial charge is 0.449 e. The van der Waals surface area contributed by atoms with Crippen LogP contribution >= 0.6 is 0 Å². The van der Waals surface area contributed by atoms with Gasteiger partial charge in [-0.3, -0.25) is 9.59 Å². The summed E-state index contributed by atoms with van der Waals surface area (Å²) in [5.74, 6) is -1.10. The molecule has 6 heteroatoms. The van der Waals surface area contributed by atoms with Gasteiger partial charge in [0.05, 0.1) is 0 Å². The average Bonchev–Trinajstić information content (AvgIpc) is 2.98. The highest BCUT2D eigenvalue weighted by atomic mass is 16.5. The van der Waals surface area contributed by atoms with Gasteiger partial charge >= 0.3 is 5.97 Å². The topological polar surface area (TPSA) is 79.5 Å². The number of nitrogens with zero attached hydrogens (tertiary/aromatic N) is 1. The molecule has 1 amide bonds. The third-order valence-electron chi connectivity index (χ3n) is 3.82. The Hall–Kier alpha value is -2.89. The minimum Gasteiger partial charge on any atom is -0.449 e. The van der Waals surface area contributed by atoms with Gasteiger partial charge in [0.1, 0.15) is 5.56 Å². The quantitative estimate of drug-likeness (QED) is 0.871. The van der Waals surface area contributed by atoms with Crippen LogP contribution in [0.4, 0.5) is 5.69 Å². The van der Waals surface area contributed by atoms with E-state index in [1.807, 2.05) is 24.3 Å². The third-order valence-corrected chi connectivity index (χ3v) is 3.82. The van der Waals surface area contributed by atoms with Crippen LogP contribution in [0.5, 0.6) is 0 Å². The molecule has 0 saturated heterocycles. The summed E-state index contributed by atoms with van der Waals surface area (Å²) in [6.45, 7) is 2.07. The molecule has 118 valence electrons. The molecule has 0 aliphatic carbocycles. The number of para-hydroxylation sites is 1. The number of esters is 1. The zero-order valence-corrected chi connectivity index (χ0v) is 12.6. The number of rotatable bonds is 3. The molecule has 1 unspecified atom stereocenters. The molecule has 6 nitrogen and oxygen atoms in total. The zero-order valence-electron chi connectivity index (χ0n) is 12.6. The highest BCUT2D eigenvalue weighted by Crippen LogP contribution is 2.28. The molecular weight excluding hydrogens is 296 g/mol. The molecule has 2 heterocycles. The van der Waals surface area contributed by atoms with Crippen molar-refractivity contribution in [3.05, 3.63) is 64.1 Å². The van der Waals surface area contributed by atoms with Crippen molar-refractivity contribution in [2.24, 2.45) is 0 Å². The van der Waals surface area contributed by atoms with Crippen LogP contribution in [0.2, 0.25) is 0 Å². The van der Waals surface area contributed by atoms with Crippen LogP contribution in [0.25, 0.3) is 0 Å². The molecule has 0 saturated carbocycles. The second-order valence-corrected chi connectivity index (χ2v) is 5.33. The van der Waals surface area contributed by atoms with Gasteiger partial charge < -0.3 is 14.6 Å². The molecule has 0 bridgehead atoms. The molecule has 1 atom stereocenters. The van der Waals surface area contributed by atoms with E-state index in [2.05, 4.69) is 4.98 Å². The number of benzene rings is 1. The lowest BCUT2D eigenvalue weighted by Gasteiger charge is -2.21. The van der Waals surface area contributed by atoms with Crippen LogP contribution in [-0.4, -0.2) is 29.5 Å². The Balaban J connectivity index is 1.73. The summed E-state index contributed by atoms with van der Waals surface area (Å²) in [5.41, 5.74) is 1.29. The van der Waals surface area contributed by atoms with Crippen molar-refractivity contribution in [3.63, 3.8) is 0 Å². The molecule has 0 radical (unpaired) electrons. The van der Waals surface area contributed by atoms with Crippen LogP contribution in [0, 0.1) is 0 Å². The van der Waals surface area contributed by atoms with E-state index in [0.717, 1.165) is 17.7 Å². The van der Waals surface area contributed by atoms with E-state index in [9.17, 15) is 14.4 Å². The molecule has 23 heavy (non-hydrogen) atoms. The normalized spacial score (nSPS) is 14.2. The number of hydrogen-bond donors (Lipinski definition) is 1. The molecule has 0 spiro atoms. The number of hydrogen-bond acceptors (Lipinski definition) is 4. The van der Waals surface area contributed by atoms with Gasteiger partial charge in [-0.15, -0.1) is 0 Å². The van der Waals surface area contributed by atoms with Crippen molar-refractivity contribution < 1.29 is 14.3 Å². The number of aromatic nitrogens is 1. The maximum absolute atomic E-state index is 12.5. The smallest absolute Gasteiger partial charge is 0.344 e. The molecular formula is C17H16N2O4. The number of pyridine rings is 1. The van der Waals surface area contributed by atoms with Gasteiger partial charge in [-0.05, 0) is 37.1 Å². The maximum atomic E-state index is 12.5. The van der Waals surface area contributed by atoms with Crippen LogP contribution in [0.3, 0.4) is 0 Å². The van der Waals surface area contributed by atoms with Crippen molar-refractivity contribution in [2.75, 3.05) is 11.4 Å². The summed E-state index contributed by atoms with van der Waals surface area (Å²) in [5, 5.41) is 0. The van der Waals surface area contributed by atoms with Gasteiger partial charge in [0.2, 0.25) is 0 Å². The molecule has 3 rings (SSSR count). The SMILES string of the molecule is CC(OC(=O)c1ccc[nH]c1=O)C(=O)N1CCc2ccccc21. The fourth-order valence-corrected chi connectivity index (χ4v) is 2.64. The summed E-state index contributed by atoms with van der Waals surface area (Å²) in [7, 11) is 0. The van der Waals surface area contributed by atoms with Crippen molar-refractivity contribution in [1.82, 2.24) is 4.98 Å². The predicted octanol–water partition coefficient (Wildman–Crippen LogP) is 1.51. The second kappa shape index (κ2) is 6.08. The molecule has 1 N–H and O–H groups in total. The van der Waals surface area contributed by atoms with E-state index in [1.54, 1.807) is 4.90 Å². The van der Waals surface area contributed by atoms with Crippen LogP contribution in [0.1, 0.15) is 22.8 Å². The number of ether oxygens (including phenoxy) is 1. The van der Waals surface area contributed by atoms with Gasteiger partial charge in [-0.2, -0.15) is 0 Å². The average molecular weight is 312 g/mol. The van der Waals surface area contributed by atoms with E-state index >= 15 is 0 Å². The summed E-state index contributed by atoms with van der Waals surface area (Å²) < 4.78 is 5.16. The summed E-state index contributed by atoms with van der Waals surface area (Å²) in [4.78, 5) is 40.1. The first-order valence-corrected chi connectivity index (χ1v) is 7.36. The summed E-state index contributed by atoms with van der Waals surface area (Å²) in [6.07, 6.45) is 1.24.